The van der Waals surface area contributed by atoms with E-state index in [1.54, 1.807) is 6.20 Å². The molecule has 2 rings (SSSR count). The minimum absolute atomic E-state index is 0.00737. The van der Waals surface area contributed by atoms with Gasteiger partial charge < -0.3 is 15.4 Å². The van der Waals surface area contributed by atoms with Crippen LogP contribution in [0.1, 0.15) is 58.1 Å². The lowest BCUT2D eigenvalue weighted by atomic mass is 9.84. The number of carbonyl (C=O) groups is 2. The summed E-state index contributed by atoms with van der Waals surface area (Å²) in [5, 5.41) is 6.30. The van der Waals surface area contributed by atoms with Gasteiger partial charge in [0.25, 0.3) is 0 Å². The molecule has 1 amide bonds. The Bertz CT molecular complexity index is 639. The molecule has 1 heterocycles. The maximum atomic E-state index is 12.6. The lowest BCUT2D eigenvalue weighted by molar-refractivity contribution is -0.134. The molecule has 27 heavy (non-hydrogen) atoms. The molecule has 7 nitrogen and oxygen atoms in total. The Kier molecular flexibility index (Phi) is 8.23. The molecule has 1 aliphatic carbocycles. The average Bonchev–Trinajstić information content (AvgIpc) is 2.71. The molecule has 1 fully saturated rings. The Morgan fingerprint density at radius 3 is 2.59 bits per heavy atom. The van der Waals surface area contributed by atoms with E-state index in [9.17, 15) is 9.59 Å². The molecular formula is C20H30N4O3. The number of ether oxygens (including phenoxy) is 1. The van der Waals surface area contributed by atoms with Crippen LogP contribution in [-0.4, -0.2) is 41.0 Å². The number of rotatable bonds is 8. The van der Waals surface area contributed by atoms with Gasteiger partial charge >= 0.3 is 5.97 Å². The Morgan fingerprint density at radius 1 is 1.26 bits per heavy atom. The van der Waals surface area contributed by atoms with Crippen LogP contribution in [0.4, 0.5) is 5.82 Å². The van der Waals surface area contributed by atoms with Crippen molar-refractivity contribution in [2.45, 2.75) is 64.5 Å². The first kappa shape index (κ1) is 20.9. The molecule has 0 spiro atoms. The third-order valence-electron chi connectivity index (χ3n) is 5.04. The van der Waals surface area contributed by atoms with Crippen LogP contribution >= 0.6 is 0 Å². The van der Waals surface area contributed by atoms with E-state index >= 15 is 0 Å². The molecule has 0 aliphatic heterocycles. The molecule has 0 radical (unpaired) electrons. The van der Waals surface area contributed by atoms with Gasteiger partial charge in [-0.15, -0.1) is 0 Å². The number of hydrogen-bond acceptors (Lipinski definition) is 6. The monoisotopic (exact) mass is 374 g/mol. The van der Waals surface area contributed by atoms with E-state index in [2.05, 4.69) is 32.3 Å². The second-order valence-corrected chi connectivity index (χ2v) is 6.98. The summed E-state index contributed by atoms with van der Waals surface area (Å²) in [7, 11) is 1.32. The molecule has 1 aliphatic rings. The van der Waals surface area contributed by atoms with Crippen LogP contribution in [0, 0.1) is 5.92 Å². The van der Waals surface area contributed by atoms with Gasteiger partial charge in [-0.2, -0.15) is 0 Å². The van der Waals surface area contributed by atoms with Crippen molar-refractivity contribution in [1.29, 1.82) is 0 Å². The first-order chi connectivity index (χ1) is 13.0. The topological polar surface area (TPSA) is 93.2 Å². The predicted octanol–water partition coefficient (Wildman–Crippen LogP) is 2.94. The number of hydrogen-bond donors (Lipinski definition) is 2. The molecule has 1 aromatic heterocycles. The zero-order valence-electron chi connectivity index (χ0n) is 16.4. The number of anilines is 1. The molecule has 148 valence electrons. The van der Waals surface area contributed by atoms with Crippen LogP contribution < -0.4 is 10.6 Å². The van der Waals surface area contributed by atoms with Crippen molar-refractivity contribution in [2.24, 2.45) is 5.92 Å². The fourth-order valence-electron chi connectivity index (χ4n) is 3.33. The minimum atomic E-state index is -0.450. The maximum Gasteiger partial charge on any atom is 0.330 e. The van der Waals surface area contributed by atoms with Gasteiger partial charge in [0.2, 0.25) is 5.91 Å². The van der Waals surface area contributed by atoms with Gasteiger partial charge in [-0.3, -0.25) is 9.78 Å². The summed E-state index contributed by atoms with van der Waals surface area (Å²) >= 11 is 0. The number of amides is 1. The number of nitrogens with one attached hydrogen (secondary N) is 2. The molecule has 1 saturated carbocycles. The van der Waals surface area contributed by atoms with Crippen molar-refractivity contribution in [3.63, 3.8) is 0 Å². The highest BCUT2D eigenvalue weighted by Crippen LogP contribution is 2.26. The summed E-state index contributed by atoms with van der Waals surface area (Å²) in [6, 6.07) is -0.174. The Labute approximate surface area is 161 Å². The largest absolute Gasteiger partial charge is 0.466 e. The van der Waals surface area contributed by atoms with Crippen LogP contribution in [0.3, 0.4) is 0 Å². The van der Waals surface area contributed by atoms with E-state index in [-0.39, 0.29) is 18.0 Å². The fourth-order valence-corrected chi connectivity index (χ4v) is 3.33. The lowest BCUT2D eigenvalue weighted by Crippen LogP contribution is -2.46. The summed E-state index contributed by atoms with van der Waals surface area (Å²) in [5.41, 5.74) is 0.536. The van der Waals surface area contributed by atoms with Gasteiger partial charge in [0, 0.05) is 12.1 Å². The lowest BCUT2D eigenvalue weighted by Gasteiger charge is -2.29. The normalized spacial score (nSPS) is 17.3. The maximum absolute atomic E-state index is 12.6. The highest BCUT2D eigenvalue weighted by molar-refractivity contribution is 5.86. The molecule has 0 aromatic carbocycles. The van der Waals surface area contributed by atoms with Gasteiger partial charge in [-0.25, -0.2) is 9.78 Å². The Hall–Kier alpha value is -2.44. The number of methoxy groups -OCH3 is 1. The van der Waals surface area contributed by atoms with E-state index in [0.717, 1.165) is 0 Å². The quantitative estimate of drug-likeness (QED) is 0.537. The smallest absolute Gasteiger partial charge is 0.330 e. The van der Waals surface area contributed by atoms with Crippen molar-refractivity contribution >= 4 is 23.8 Å². The van der Waals surface area contributed by atoms with Gasteiger partial charge in [0.1, 0.15) is 11.9 Å². The van der Waals surface area contributed by atoms with Gasteiger partial charge in [0.05, 0.1) is 25.2 Å². The van der Waals surface area contributed by atoms with Crippen LogP contribution in [0.5, 0.6) is 0 Å². The van der Waals surface area contributed by atoms with E-state index in [1.165, 1.54) is 57.6 Å². The van der Waals surface area contributed by atoms with E-state index in [4.69, 9.17) is 0 Å². The fraction of sp³-hybridized carbons (Fsp3) is 0.600. The van der Waals surface area contributed by atoms with Crippen molar-refractivity contribution < 1.29 is 14.3 Å². The van der Waals surface area contributed by atoms with Crippen molar-refractivity contribution in [3.05, 3.63) is 24.2 Å². The van der Waals surface area contributed by atoms with E-state index in [0.29, 0.717) is 23.9 Å². The number of carbonyl (C=O) groups excluding carboxylic acids is 2. The molecule has 2 atom stereocenters. The zero-order chi connectivity index (χ0) is 19.6. The average molecular weight is 374 g/mol. The van der Waals surface area contributed by atoms with Crippen LogP contribution in [0.25, 0.3) is 6.08 Å². The molecule has 7 heteroatoms. The second kappa shape index (κ2) is 10.6. The second-order valence-electron chi connectivity index (χ2n) is 6.98. The third-order valence-corrected chi connectivity index (χ3v) is 5.04. The molecular weight excluding hydrogens is 344 g/mol. The number of nitrogens with zero attached hydrogens (tertiary/aromatic N) is 2. The SMILES string of the molecule is CC[C@@H](Nc1cnc(C=CC(=O)OC)cn1)C(=O)N[C@@H](C)C1CCCCC1. The standard InChI is InChI=1S/C20H30N4O3/c1-4-17(20(26)23-14(2)15-8-6-5-7-9-15)24-18-13-21-16(12-22-18)10-11-19(25)27-3/h10-15,17H,4-9H2,1-3H3,(H,22,24)(H,23,26)/t14-,17+/m0/s1. The van der Waals surface area contributed by atoms with E-state index < -0.39 is 5.97 Å². The van der Waals surface area contributed by atoms with Gasteiger partial charge in [0.15, 0.2) is 0 Å². The highest BCUT2D eigenvalue weighted by atomic mass is 16.5. The van der Waals surface area contributed by atoms with Gasteiger partial charge in [-0.05, 0) is 38.2 Å². The summed E-state index contributed by atoms with van der Waals surface area (Å²) in [5.74, 6) is 0.638. The Morgan fingerprint density at radius 2 is 2.00 bits per heavy atom. The first-order valence-electron chi connectivity index (χ1n) is 9.68. The van der Waals surface area contributed by atoms with Crippen molar-refractivity contribution in [1.82, 2.24) is 15.3 Å². The van der Waals surface area contributed by atoms with Gasteiger partial charge in [-0.1, -0.05) is 26.2 Å². The van der Waals surface area contributed by atoms with Crippen molar-refractivity contribution in [3.8, 4) is 0 Å². The first-order valence-corrected chi connectivity index (χ1v) is 9.68. The summed E-state index contributed by atoms with van der Waals surface area (Å²) in [6.45, 7) is 4.06. The van der Waals surface area contributed by atoms with Crippen LogP contribution in [-0.2, 0) is 14.3 Å². The molecule has 2 N–H and O–H groups in total. The van der Waals surface area contributed by atoms with Crippen LogP contribution in [0.15, 0.2) is 18.5 Å². The molecule has 0 bridgehead atoms. The Balaban J connectivity index is 1.90. The molecule has 1 aromatic rings. The summed E-state index contributed by atoms with van der Waals surface area (Å²) in [4.78, 5) is 32.2. The zero-order valence-corrected chi connectivity index (χ0v) is 16.4. The minimum Gasteiger partial charge on any atom is -0.466 e. The number of aromatic nitrogens is 2. The summed E-state index contributed by atoms with van der Waals surface area (Å²) in [6.07, 6.45) is 12.8. The van der Waals surface area contributed by atoms with Crippen LogP contribution in [0.2, 0.25) is 0 Å². The van der Waals surface area contributed by atoms with Crippen molar-refractivity contribution in [2.75, 3.05) is 12.4 Å². The molecule has 0 saturated heterocycles. The predicted molar refractivity (Wildman–Crippen MR) is 105 cm³/mol. The van der Waals surface area contributed by atoms with E-state index in [1.807, 2.05) is 6.92 Å². The summed E-state index contributed by atoms with van der Waals surface area (Å²) < 4.78 is 4.53. The highest BCUT2D eigenvalue weighted by Gasteiger charge is 2.24. The number of esters is 1. The third kappa shape index (κ3) is 6.66. The molecule has 0 unspecified atom stereocenters.